The lowest BCUT2D eigenvalue weighted by molar-refractivity contribution is 0.0692. The van der Waals surface area contributed by atoms with Crippen LogP contribution in [0, 0.1) is 34.6 Å². The van der Waals surface area contributed by atoms with E-state index in [2.05, 4.69) is 45.0 Å². The quantitative estimate of drug-likeness (QED) is 0.276. The van der Waals surface area contributed by atoms with Gasteiger partial charge in [0.25, 0.3) is 23.6 Å². The number of carbonyl (C=O) groups is 4. The number of amides is 4. The lowest BCUT2D eigenvalue weighted by Crippen LogP contribution is -2.30. The summed E-state index contributed by atoms with van der Waals surface area (Å²) >= 11 is 0. The standard InChI is InChI=1S/C35H30N2O4/c1-18-11-23(12-19(2)22(18)5)15-24-13-20(3)31(21(4)14-24)37-34(40)28-10-8-26(17-30(28)35(37)41)25-7-9-27-29(16-25)33(39)36(6)32(27)38/h7-14,16-17H,15H2,1-6H3. The van der Waals surface area contributed by atoms with E-state index in [1.807, 2.05) is 13.8 Å². The van der Waals surface area contributed by atoms with Gasteiger partial charge in [0.1, 0.15) is 0 Å². The van der Waals surface area contributed by atoms with Crippen LogP contribution in [-0.2, 0) is 6.42 Å². The number of imide groups is 2. The highest BCUT2D eigenvalue weighted by Crippen LogP contribution is 2.37. The van der Waals surface area contributed by atoms with Gasteiger partial charge in [0.05, 0.1) is 27.9 Å². The van der Waals surface area contributed by atoms with Gasteiger partial charge < -0.3 is 0 Å². The van der Waals surface area contributed by atoms with Crippen LogP contribution in [0.15, 0.2) is 60.7 Å². The first-order valence-electron chi connectivity index (χ1n) is 13.6. The van der Waals surface area contributed by atoms with Crippen LogP contribution in [0.25, 0.3) is 11.1 Å². The minimum atomic E-state index is -0.372. The van der Waals surface area contributed by atoms with Crippen LogP contribution in [0.4, 0.5) is 5.69 Å². The number of carbonyl (C=O) groups excluding carboxylic acids is 4. The third kappa shape index (κ3) is 4.10. The molecule has 0 aliphatic carbocycles. The summed E-state index contributed by atoms with van der Waals surface area (Å²) in [5.41, 5.74) is 11.3. The molecule has 204 valence electrons. The van der Waals surface area contributed by atoms with Crippen LogP contribution in [-0.4, -0.2) is 35.6 Å². The monoisotopic (exact) mass is 542 g/mol. The fraction of sp³-hybridized carbons (Fsp3) is 0.200. The molecule has 0 fully saturated rings. The topological polar surface area (TPSA) is 74.8 Å². The van der Waals surface area contributed by atoms with E-state index in [1.165, 1.54) is 34.2 Å². The Labute approximate surface area is 239 Å². The summed E-state index contributed by atoms with van der Waals surface area (Å²) in [6.07, 6.45) is 0.764. The van der Waals surface area contributed by atoms with Crippen LogP contribution >= 0.6 is 0 Å². The first-order valence-corrected chi connectivity index (χ1v) is 13.6. The van der Waals surface area contributed by atoms with Gasteiger partial charge in [0.2, 0.25) is 0 Å². The number of hydrogen-bond donors (Lipinski definition) is 0. The van der Waals surface area contributed by atoms with E-state index < -0.39 is 0 Å². The Balaban J connectivity index is 1.32. The van der Waals surface area contributed by atoms with Gasteiger partial charge in [0, 0.05) is 7.05 Å². The van der Waals surface area contributed by atoms with Crippen molar-refractivity contribution in [1.82, 2.24) is 4.90 Å². The summed E-state index contributed by atoms with van der Waals surface area (Å²) in [6.45, 7) is 10.3. The molecule has 2 aliphatic heterocycles. The molecular formula is C35H30N2O4. The van der Waals surface area contributed by atoms with Crippen molar-refractivity contribution in [2.45, 2.75) is 41.0 Å². The van der Waals surface area contributed by atoms with E-state index in [-0.39, 0.29) is 23.6 Å². The molecule has 0 radical (unpaired) electrons. The van der Waals surface area contributed by atoms with E-state index in [0.29, 0.717) is 39.1 Å². The maximum Gasteiger partial charge on any atom is 0.266 e. The number of hydrogen-bond acceptors (Lipinski definition) is 4. The lowest BCUT2D eigenvalue weighted by atomic mass is 9.94. The largest absolute Gasteiger partial charge is 0.277 e. The van der Waals surface area contributed by atoms with Gasteiger partial charge in [-0.2, -0.15) is 0 Å². The highest BCUT2D eigenvalue weighted by molar-refractivity contribution is 6.35. The molecule has 41 heavy (non-hydrogen) atoms. The van der Waals surface area contributed by atoms with E-state index >= 15 is 0 Å². The van der Waals surface area contributed by atoms with Crippen molar-refractivity contribution in [3.8, 4) is 11.1 Å². The smallest absolute Gasteiger partial charge is 0.266 e. The van der Waals surface area contributed by atoms with Gasteiger partial charge >= 0.3 is 0 Å². The Morgan fingerprint density at radius 1 is 0.512 bits per heavy atom. The Kier molecular flexibility index (Phi) is 6.03. The lowest BCUT2D eigenvalue weighted by Gasteiger charge is -2.21. The molecule has 0 atom stereocenters. The van der Waals surface area contributed by atoms with Gasteiger partial charge in [-0.15, -0.1) is 0 Å². The molecule has 0 saturated heterocycles. The van der Waals surface area contributed by atoms with Crippen molar-refractivity contribution in [3.63, 3.8) is 0 Å². The molecule has 0 aromatic heterocycles. The minimum Gasteiger partial charge on any atom is -0.277 e. The fourth-order valence-corrected chi connectivity index (χ4v) is 6.13. The molecule has 4 aromatic carbocycles. The average molecular weight is 543 g/mol. The average Bonchev–Trinajstić information content (AvgIpc) is 3.30. The zero-order chi connectivity index (χ0) is 29.3. The van der Waals surface area contributed by atoms with Crippen molar-refractivity contribution >= 4 is 29.3 Å². The first kappa shape index (κ1) is 26.4. The SMILES string of the molecule is Cc1cc(Cc2cc(C)c(N3C(=O)c4ccc(-c5ccc6c(c5)C(=O)N(C)C6=O)cc4C3=O)c(C)c2)cc(C)c1C. The Hall–Kier alpha value is -4.84. The van der Waals surface area contributed by atoms with Crippen LogP contribution in [0.1, 0.15) is 80.4 Å². The van der Waals surface area contributed by atoms with E-state index in [4.69, 9.17) is 0 Å². The maximum atomic E-state index is 13.7. The molecule has 6 heteroatoms. The fourth-order valence-electron chi connectivity index (χ4n) is 6.13. The van der Waals surface area contributed by atoms with Crippen molar-refractivity contribution in [2.75, 3.05) is 11.9 Å². The van der Waals surface area contributed by atoms with Gasteiger partial charge in [-0.1, -0.05) is 36.4 Å². The molecule has 6 rings (SSSR count). The van der Waals surface area contributed by atoms with Crippen molar-refractivity contribution in [1.29, 1.82) is 0 Å². The molecule has 0 bridgehead atoms. The number of aryl methyl sites for hydroxylation is 4. The molecule has 2 heterocycles. The zero-order valence-electron chi connectivity index (χ0n) is 24.0. The third-order valence-electron chi connectivity index (χ3n) is 8.48. The normalized spacial score (nSPS) is 14.3. The summed E-state index contributed by atoms with van der Waals surface area (Å²) in [6, 6.07) is 18.7. The van der Waals surface area contributed by atoms with Gasteiger partial charge in [-0.05, 0) is 115 Å². The molecule has 0 spiro atoms. The van der Waals surface area contributed by atoms with E-state index in [0.717, 1.165) is 28.0 Å². The third-order valence-corrected chi connectivity index (χ3v) is 8.48. The molecule has 4 aromatic rings. The van der Waals surface area contributed by atoms with E-state index in [1.54, 1.807) is 36.4 Å². The first-order chi connectivity index (χ1) is 19.5. The number of nitrogens with zero attached hydrogens (tertiary/aromatic N) is 2. The van der Waals surface area contributed by atoms with Crippen molar-refractivity contribution < 1.29 is 19.2 Å². The molecule has 0 unspecified atom stereocenters. The van der Waals surface area contributed by atoms with Crippen molar-refractivity contribution in [3.05, 3.63) is 122 Å². The van der Waals surface area contributed by atoms with Gasteiger partial charge in [-0.3, -0.25) is 24.1 Å². The van der Waals surface area contributed by atoms with Crippen LogP contribution in [0.2, 0.25) is 0 Å². The Bertz CT molecular complexity index is 1820. The number of rotatable bonds is 4. The summed E-state index contributed by atoms with van der Waals surface area (Å²) < 4.78 is 0. The van der Waals surface area contributed by atoms with Crippen LogP contribution in [0.3, 0.4) is 0 Å². The summed E-state index contributed by atoms with van der Waals surface area (Å²) in [4.78, 5) is 54.4. The molecule has 2 aliphatic rings. The second kappa shape index (κ2) is 9.37. The Morgan fingerprint density at radius 2 is 0.927 bits per heavy atom. The highest BCUT2D eigenvalue weighted by Gasteiger charge is 2.39. The predicted molar refractivity (Wildman–Crippen MR) is 159 cm³/mol. The number of anilines is 1. The molecule has 0 saturated carbocycles. The second-order valence-corrected chi connectivity index (χ2v) is 11.2. The number of benzene rings is 4. The molecule has 4 amide bonds. The predicted octanol–water partition coefficient (Wildman–Crippen LogP) is 6.51. The molecule has 0 N–H and O–H groups in total. The van der Waals surface area contributed by atoms with E-state index in [9.17, 15) is 19.2 Å². The molecule has 6 nitrogen and oxygen atoms in total. The van der Waals surface area contributed by atoms with Gasteiger partial charge in [0.15, 0.2) is 0 Å². The van der Waals surface area contributed by atoms with Crippen molar-refractivity contribution in [2.24, 2.45) is 0 Å². The number of fused-ring (bicyclic) bond motifs is 2. The zero-order valence-corrected chi connectivity index (χ0v) is 24.0. The maximum absolute atomic E-state index is 13.7. The Morgan fingerprint density at radius 3 is 1.46 bits per heavy atom. The summed E-state index contributed by atoms with van der Waals surface area (Å²) in [5.74, 6) is -1.41. The van der Waals surface area contributed by atoms with Gasteiger partial charge in [-0.25, -0.2) is 4.90 Å². The summed E-state index contributed by atoms with van der Waals surface area (Å²) in [5, 5.41) is 0. The second-order valence-electron chi connectivity index (χ2n) is 11.2. The highest BCUT2D eigenvalue weighted by atomic mass is 16.2. The minimum absolute atomic E-state index is 0.320. The van der Waals surface area contributed by atoms with Crippen LogP contribution in [0.5, 0.6) is 0 Å². The summed E-state index contributed by atoms with van der Waals surface area (Å²) in [7, 11) is 1.46. The van der Waals surface area contributed by atoms with Crippen LogP contribution < -0.4 is 4.90 Å². The molecular weight excluding hydrogens is 512 g/mol.